The largest absolute Gasteiger partial charge is 0.393 e. The van der Waals surface area contributed by atoms with Crippen LogP contribution in [-0.4, -0.2) is 17.4 Å². The monoisotopic (exact) mass is 240 g/mol. The summed E-state index contributed by atoms with van der Waals surface area (Å²) in [5.74, 6) is -0.504. The van der Waals surface area contributed by atoms with Gasteiger partial charge in [0.2, 0.25) is 5.91 Å². The Kier molecular flexibility index (Phi) is 4.85. The van der Waals surface area contributed by atoms with Crippen LogP contribution in [0.25, 0.3) is 0 Å². The fourth-order valence-electron chi connectivity index (χ4n) is 1.22. The van der Waals surface area contributed by atoms with Crippen molar-refractivity contribution in [2.45, 2.75) is 12.8 Å². The highest BCUT2D eigenvalue weighted by Gasteiger charge is 2.03. The molecule has 0 aliphatic carbocycles. The smallest absolute Gasteiger partial charge is 0.224 e. The van der Waals surface area contributed by atoms with Crippen molar-refractivity contribution in [1.82, 2.24) is 5.32 Å². The number of rotatable bonds is 5. The van der Waals surface area contributed by atoms with Gasteiger partial charge in [0.1, 0.15) is 5.82 Å². The molecule has 0 saturated heterocycles. The van der Waals surface area contributed by atoms with Gasteiger partial charge in [-0.1, -0.05) is 24.4 Å². The third-order valence-corrected chi connectivity index (χ3v) is 2.15. The van der Waals surface area contributed by atoms with E-state index >= 15 is 0 Å². The number of halogens is 1. The number of benzene rings is 1. The van der Waals surface area contributed by atoms with Crippen LogP contribution in [0, 0.1) is 5.82 Å². The Morgan fingerprint density at radius 3 is 2.88 bits per heavy atom. The number of amides is 1. The maximum absolute atomic E-state index is 12.8. The molecule has 1 amide bonds. The fourth-order valence-corrected chi connectivity index (χ4v) is 1.32. The van der Waals surface area contributed by atoms with E-state index in [1.54, 1.807) is 12.1 Å². The van der Waals surface area contributed by atoms with E-state index in [9.17, 15) is 9.18 Å². The molecular weight excluding hydrogens is 227 g/mol. The molecule has 0 fully saturated rings. The molecule has 16 heavy (non-hydrogen) atoms. The summed E-state index contributed by atoms with van der Waals surface area (Å²) >= 11 is 4.67. The second kappa shape index (κ2) is 6.17. The predicted octanol–water partition coefficient (Wildman–Crippen LogP) is 1.16. The van der Waals surface area contributed by atoms with Crippen LogP contribution < -0.4 is 11.1 Å². The van der Waals surface area contributed by atoms with Crippen LogP contribution >= 0.6 is 12.2 Å². The lowest BCUT2D eigenvalue weighted by molar-refractivity contribution is -0.120. The van der Waals surface area contributed by atoms with Crippen LogP contribution in [0.3, 0.4) is 0 Å². The number of thiocarbonyl (C=S) groups is 1. The Bertz CT molecular complexity index is 395. The number of nitrogens with one attached hydrogen (secondary N) is 1. The highest BCUT2D eigenvalue weighted by atomic mass is 32.1. The van der Waals surface area contributed by atoms with Gasteiger partial charge in [-0.25, -0.2) is 4.39 Å². The Balaban J connectivity index is 2.37. The van der Waals surface area contributed by atoms with Gasteiger partial charge >= 0.3 is 0 Å². The Morgan fingerprint density at radius 2 is 2.25 bits per heavy atom. The first kappa shape index (κ1) is 12.6. The zero-order valence-electron chi connectivity index (χ0n) is 8.70. The zero-order chi connectivity index (χ0) is 12.0. The number of hydrogen-bond donors (Lipinski definition) is 2. The summed E-state index contributed by atoms with van der Waals surface area (Å²) in [6, 6.07) is 5.96. The molecule has 1 aromatic rings. The first-order valence-corrected chi connectivity index (χ1v) is 5.28. The molecular formula is C11H13FN2OS. The van der Waals surface area contributed by atoms with Gasteiger partial charge in [-0.05, 0) is 17.7 Å². The van der Waals surface area contributed by atoms with Crippen molar-refractivity contribution in [1.29, 1.82) is 0 Å². The number of carbonyl (C=O) groups excluding carboxylic acids is 1. The van der Waals surface area contributed by atoms with Crippen molar-refractivity contribution in [3.8, 4) is 0 Å². The molecule has 0 saturated carbocycles. The van der Waals surface area contributed by atoms with E-state index in [2.05, 4.69) is 17.5 Å². The molecule has 3 N–H and O–H groups in total. The Hall–Kier alpha value is -1.49. The second-order valence-corrected chi connectivity index (χ2v) is 3.90. The average molecular weight is 240 g/mol. The quantitative estimate of drug-likeness (QED) is 0.759. The summed E-state index contributed by atoms with van der Waals surface area (Å²) in [6.07, 6.45) is 0.638. The minimum atomic E-state index is -0.339. The molecule has 0 radical (unpaired) electrons. The van der Waals surface area contributed by atoms with Crippen LogP contribution in [0.2, 0.25) is 0 Å². The van der Waals surface area contributed by atoms with E-state index in [4.69, 9.17) is 5.73 Å². The summed E-state index contributed by atoms with van der Waals surface area (Å²) in [4.78, 5) is 11.8. The first-order valence-electron chi connectivity index (χ1n) is 4.87. The predicted molar refractivity (Wildman–Crippen MR) is 64.5 cm³/mol. The van der Waals surface area contributed by atoms with Gasteiger partial charge in [0, 0.05) is 13.0 Å². The van der Waals surface area contributed by atoms with E-state index in [0.29, 0.717) is 23.5 Å². The van der Waals surface area contributed by atoms with E-state index in [1.807, 2.05) is 0 Å². The van der Waals surface area contributed by atoms with Gasteiger partial charge in [-0.2, -0.15) is 0 Å². The van der Waals surface area contributed by atoms with Gasteiger partial charge < -0.3 is 11.1 Å². The van der Waals surface area contributed by atoms with E-state index < -0.39 is 0 Å². The Labute approximate surface area is 98.8 Å². The van der Waals surface area contributed by atoms with Gasteiger partial charge in [-0.15, -0.1) is 0 Å². The van der Waals surface area contributed by atoms with Crippen LogP contribution in [-0.2, 0) is 11.2 Å². The normalized spacial score (nSPS) is 9.81. The van der Waals surface area contributed by atoms with Crippen molar-refractivity contribution >= 4 is 23.1 Å². The van der Waals surface area contributed by atoms with E-state index in [-0.39, 0.29) is 18.1 Å². The molecule has 0 bridgehead atoms. The summed E-state index contributed by atoms with van der Waals surface area (Å²) in [6.45, 7) is 0.420. The highest BCUT2D eigenvalue weighted by Crippen LogP contribution is 2.03. The molecule has 0 heterocycles. The third kappa shape index (κ3) is 4.84. The minimum Gasteiger partial charge on any atom is -0.393 e. The SMILES string of the molecule is NC(=S)CCNC(=O)Cc1cccc(F)c1. The first-order chi connectivity index (χ1) is 7.58. The summed E-state index contributed by atoms with van der Waals surface area (Å²) in [5.41, 5.74) is 5.93. The summed E-state index contributed by atoms with van der Waals surface area (Å²) in [5, 5.41) is 2.65. The summed E-state index contributed by atoms with van der Waals surface area (Å²) < 4.78 is 12.8. The molecule has 1 aromatic carbocycles. The summed E-state index contributed by atoms with van der Waals surface area (Å²) in [7, 11) is 0. The van der Waals surface area contributed by atoms with Crippen molar-refractivity contribution in [2.75, 3.05) is 6.54 Å². The zero-order valence-corrected chi connectivity index (χ0v) is 9.52. The van der Waals surface area contributed by atoms with Crippen LogP contribution in [0.1, 0.15) is 12.0 Å². The maximum Gasteiger partial charge on any atom is 0.224 e. The standard InChI is InChI=1S/C11H13FN2OS/c12-9-3-1-2-8(6-9)7-11(15)14-5-4-10(13)16/h1-3,6H,4-5,7H2,(H2,13,16)(H,14,15). The number of hydrogen-bond acceptors (Lipinski definition) is 2. The highest BCUT2D eigenvalue weighted by molar-refractivity contribution is 7.80. The molecule has 3 nitrogen and oxygen atoms in total. The van der Waals surface area contributed by atoms with Crippen LogP contribution in [0.5, 0.6) is 0 Å². The average Bonchev–Trinajstić information content (AvgIpc) is 2.16. The lowest BCUT2D eigenvalue weighted by Crippen LogP contribution is -2.28. The van der Waals surface area contributed by atoms with Crippen LogP contribution in [0.4, 0.5) is 4.39 Å². The van der Waals surface area contributed by atoms with Crippen molar-refractivity contribution in [2.24, 2.45) is 5.73 Å². The van der Waals surface area contributed by atoms with Crippen LogP contribution in [0.15, 0.2) is 24.3 Å². The van der Waals surface area contributed by atoms with Crippen molar-refractivity contribution < 1.29 is 9.18 Å². The molecule has 0 aromatic heterocycles. The molecule has 0 atom stereocenters. The Morgan fingerprint density at radius 1 is 1.50 bits per heavy atom. The number of carbonyl (C=O) groups is 1. The third-order valence-electron chi connectivity index (χ3n) is 1.95. The number of nitrogens with two attached hydrogens (primary N) is 1. The van der Waals surface area contributed by atoms with E-state index in [0.717, 1.165) is 0 Å². The molecule has 1 rings (SSSR count). The minimum absolute atomic E-state index is 0.162. The molecule has 0 unspecified atom stereocenters. The maximum atomic E-state index is 12.8. The molecule has 0 aliphatic rings. The lowest BCUT2D eigenvalue weighted by atomic mass is 10.1. The van der Waals surface area contributed by atoms with Gasteiger partial charge in [0.05, 0.1) is 11.4 Å². The fraction of sp³-hybridized carbons (Fsp3) is 0.273. The van der Waals surface area contributed by atoms with E-state index in [1.165, 1.54) is 12.1 Å². The van der Waals surface area contributed by atoms with Gasteiger partial charge in [0.25, 0.3) is 0 Å². The van der Waals surface area contributed by atoms with Crippen molar-refractivity contribution in [3.05, 3.63) is 35.6 Å². The van der Waals surface area contributed by atoms with Gasteiger partial charge in [0.15, 0.2) is 0 Å². The molecule has 86 valence electrons. The van der Waals surface area contributed by atoms with Gasteiger partial charge in [-0.3, -0.25) is 4.79 Å². The topological polar surface area (TPSA) is 55.1 Å². The second-order valence-electron chi connectivity index (χ2n) is 3.37. The molecule has 0 spiro atoms. The lowest BCUT2D eigenvalue weighted by Gasteiger charge is -2.04. The van der Waals surface area contributed by atoms with Crippen molar-refractivity contribution in [3.63, 3.8) is 0 Å². The molecule has 5 heteroatoms. The molecule has 0 aliphatic heterocycles.